The summed E-state index contributed by atoms with van der Waals surface area (Å²) < 4.78 is 0. The maximum atomic E-state index is 4.49. The van der Waals surface area contributed by atoms with Gasteiger partial charge in [-0.2, -0.15) is 0 Å². The number of benzene rings is 3. The van der Waals surface area contributed by atoms with Crippen molar-refractivity contribution in [3.8, 4) is 0 Å². The van der Waals surface area contributed by atoms with Gasteiger partial charge in [0, 0.05) is 12.8 Å². The molecule has 154 valence electrons. The number of aryl methyl sites for hydroxylation is 3. The number of hydrogen-bond donors (Lipinski definition) is 0. The van der Waals surface area contributed by atoms with E-state index < -0.39 is 0 Å². The van der Waals surface area contributed by atoms with E-state index in [9.17, 15) is 0 Å². The number of rotatable bonds is 10. The number of nitrogens with zero attached hydrogens (tertiary/aromatic N) is 1. The third kappa shape index (κ3) is 6.29. The van der Waals surface area contributed by atoms with Crippen molar-refractivity contribution in [1.29, 1.82) is 0 Å². The smallest absolute Gasteiger partial charge is 0.0420 e. The maximum absolute atomic E-state index is 4.49. The van der Waals surface area contributed by atoms with Crippen LogP contribution in [0.4, 0.5) is 0 Å². The lowest BCUT2D eigenvalue weighted by atomic mass is 9.95. The molecule has 0 heterocycles. The molecule has 1 atom stereocenters. The molecule has 3 aromatic rings. The first kappa shape index (κ1) is 21.8. The van der Waals surface area contributed by atoms with E-state index in [2.05, 4.69) is 91.3 Å². The van der Waals surface area contributed by atoms with Crippen LogP contribution in [0.3, 0.4) is 0 Å². The highest BCUT2D eigenvalue weighted by atomic mass is 14.7. The summed E-state index contributed by atoms with van der Waals surface area (Å²) in [5.74, 6) is 0.546. The average Bonchev–Trinajstić information content (AvgIpc) is 2.80. The van der Waals surface area contributed by atoms with E-state index in [1.807, 2.05) is 19.2 Å². The molecular formula is C29H33N. The van der Waals surface area contributed by atoms with Crippen LogP contribution in [-0.4, -0.2) is 12.8 Å². The molecule has 0 aliphatic carbocycles. The van der Waals surface area contributed by atoms with Crippen LogP contribution in [0.5, 0.6) is 0 Å². The number of aliphatic imine (C=N–C) groups is 1. The molecule has 3 aromatic carbocycles. The van der Waals surface area contributed by atoms with Gasteiger partial charge >= 0.3 is 0 Å². The third-order valence-corrected chi connectivity index (χ3v) is 5.82. The van der Waals surface area contributed by atoms with Gasteiger partial charge in [-0.25, -0.2) is 0 Å². The summed E-state index contributed by atoms with van der Waals surface area (Å²) in [5, 5.41) is 0. The topological polar surface area (TPSA) is 12.4 Å². The molecule has 3 rings (SSSR count). The molecule has 0 aliphatic rings. The van der Waals surface area contributed by atoms with Crippen molar-refractivity contribution < 1.29 is 0 Å². The van der Waals surface area contributed by atoms with Crippen LogP contribution in [-0.2, 0) is 19.3 Å². The second kappa shape index (κ2) is 11.3. The molecule has 0 spiro atoms. The number of allylic oxidation sites excluding steroid dienone is 1. The van der Waals surface area contributed by atoms with Crippen molar-refractivity contribution in [3.05, 3.63) is 119 Å². The summed E-state index contributed by atoms with van der Waals surface area (Å²) in [5.41, 5.74) is 7.97. The maximum Gasteiger partial charge on any atom is 0.0420 e. The molecule has 0 aliphatic heterocycles. The zero-order valence-electron chi connectivity index (χ0n) is 18.4. The summed E-state index contributed by atoms with van der Waals surface area (Å²) in [6, 6.07) is 28.7. The first-order valence-corrected chi connectivity index (χ1v) is 11.0. The summed E-state index contributed by atoms with van der Waals surface area (Å²) in [4.78, 5) is 4.49. The van der Waals surface area contributed by atoms with Crippen LogP contribution < -0.4 is 0 Å². The van der Waals surface area contributed by atoms with Crippen LogP contribution in [0.1, 0.15) is 53.5 Å². The lowest BCUT2D eigenvalue weighted by Gasteiger charge is -2.10. The van der Waals surface area contributed by atoms with Gasteiger partial charge in [-0.15, -0.1) is 6.58 Å². The molecule has 0 radical (unpaired) electrons. The molecule has 30 heavy (non-hydrogen) atoms. The summed E-state index contributed by atoms with van der Waals surface area (Å²) in [7, 11) is 1.89. The minimum atomic E-state index is 0.546. The molecule has 0 fully saturated rings. The zero-order valence-corrected chi connectivity index (χ0v) is 18.4. The lowest BCUT2D eigenvalue weighted by molar-refractivity contribution is 0.780. The van der Waals surface area contributed by atoms with Gasteiger partial charge in [0.05, 0.1) is 0 Å². The number of hydrogen-bond acceptors (Lipinski definition) is 1. The molecule has 1 unspecified atom stereocenters. The van der Waals surface area contributed by atoms with Gasteiger partial charge in [-0.05, 0) is 65.8 Å². The third-order valence-electron chi connectivity index (χ3n) is 5.82. The zero-order chi connectivity index (χ0) is 21.2. The van der Waals surface area contributed by atoms with Gasteiger partial charge in [0.1, 0.15) is 0 Å². The summed E-state index contributed by atoms with van der Waals surface area (Å²) >= 11 is 0. The molecule has 0 aromatic heterocycles. The molecule has 1 nitrogen and oxygen atoms in total. The average molecular weight is 396 g/mol. The van der Waals surface area contributed by atoms with Crippen LogP contribution in [0.2, 0.25) is 0 Å². The Kier molecular flexibility index (Phi) is 8.20. The van der Waals surface area contributed by atoms with Crippen molar-refractivity contribution >= 4 is 5.71 Å². The lowest BCUT2D eigenvalue weighted by Crippen LogP contribution is -2.03. The van der Waals surface area contributed by atoms with Gasteiger partial charge in [0.25, 0.3) is 0 Å². The van der Waals surface area contributed by atoms with Crippen molar-refractivity contribution in [2.24, 2.45) is 4.99 Å². The molecule has 0 bridgehead atoms. The van der Waals surface area contributed by atoms with E-state index in [4.69, 9.17) is 0 Å². The van der Waals surface area contributed by atoms with E-state index in [1.165, 1.54) is 33.5 Å². The van der Waals surface area contributed by atoms with Gasteiger partial charge in [0.2, 0.25) is 0 Å². The SMILES string of the molecule is C=CCC(C)c1ccc(CCc2ccc(CCC(=NC)c3ccccc3)cc2)cc1. The van der Waals surface area contributed by atoms with Crippen LogP contribution in [0.25, 0.3) is 0 Å². The van der Waals surface area contributed by atoms with Crippen molar-refractivity contribution in [2.75, 3.05) is 7.05 Å². The van der Waals surface area contributed by atoms with E-state index in [1.54, 1.807) is 0 Å². The normalized spacial score (nSPS) is 12.5. The van der Waals surface area contributed by atoms with Crippen molar-refractivity contribution in [2.45, 2.75) is 44.9 Å². The Morgan fingerprint density at radius 1 is 0.800 bits per heavy atom. The fourth-order valence-corrected chi connectivity index (χ4v) is 3.84. The molecule has 1 heteroatoms. The van der Waals surface area contributed by atoms with Gasteiger partial charge < -0.3 is 0 Å². The largest absolute Gasteiger partial charge is 0.292 e. The van der Waals surface area contributed by atoms with Crippen LogP contribution >= 0.6 is 0 Å². The highest BCUT2D eigenvalue weighted by molar-refractivity contribution is 6.00. The Morgan fingerprint density at radius 2 is 1.33 bits per heavy atom. The van der Waals surface area contributed by atoms with Gasteiger partial charge in [-0.1, -0.05) is 91.9 Å². The predicted octanol–water partition coefficient (Wildman–Crippen LogP) is 7.20. The van der Waals surface area contributed by atoms with Crippen molar-refractivity contribution in [3.63, 3.8) is 0 Å². The highest BCUT2D eigenvalue weighted by Gasteiger charge is 2.05. The molecule has 0 N–H and O–H groups in total. The predicted molar refractivity (Wildman–Crippen MR) is 131 cm³/mol. The minimum absolute atomic E-state index is 0.546. The molecular weight excluding hydrogens is 362 g/mol. The second-order valence-corrected chi connectivity index (χ2v) is 8.02. The van der Waals surface area contributed by atoms with Gasteiger partial charge in [0.15, 0.2) is 0 Å². The Balaban J connectivity index is 1.50. The van der Waals surface area contributed by atoms with E-state index in [0.29, 0.717) is 5.92 Å². The first-order chi connectivity index (χ1) is 14.7. The fraction of sp³-hybridized carbons (Fsp3) is 0.276. The van der Waals surface area contributed by atoms with E-state index >= 15 is 0 Å². The van der Waals surface area contributed by atoms with Crippen molar-refractivity contribution in [1.82, 2.24) is 0 Å². The quantitative estimate of drug-likeness (QED) is 0.254. The van der Waals surface area contributed by atoms with Crippen LogP contribution in [0.15, 0.2) is 96.5 Å². The summed E-state index contributed by atoms with van der Waals surface area (Å²) in [6.07, 6.45) is 7.18. The first-order valence-electron chi connectivity index (χ1n) is 11.0. The Morgan fingerprint density at radius 3 is 1.87 bits per heavy atom. The molecule has 0 saturated carbocycles. The Bertz CT molecular complexity index is 934. The monoisotopic (exact) mass is 395 g/mol. The van der Waals surface area contributed by atoms with Crippen LogP contribution in [0, 0.1) is 0 Å². The Labute approximate surface area is 182 Å². The second-order valence-electron chi connectivity index (χ2n) is 8.02. The van der Waals surface area contributed by atoms with E-state index in [0.717, 1.165) is 32.1 Å². The molecule has 0 saturated heterocycles. The summed E-state index contributed by atoms with van der Waals surface area (Å²) in [6.45, 7) is 6.10. The standard InChI is InChI=1S/C29H33N/c1-4-8-23(2)27-20-17-26(18-21-27)16-13-24-11-14-25(15-12-24)19-22-29(30-3)28-9-6-5-7-10-28/h4-7,9-12,14-15,17-18,20-21,23H,1,8,13,16,19,22H2,2-3H3. The Hall–Kier alpha value is -2.93. The highest BCUT2D eigenvalue weighted by Crippen LogP contribution is 2.20. The fourth-order valence-electron chi connectivity index (χ4n) is 3.84. The molecule has 0 amide bonds. The minimum Gasteiger partial charge on any atom is -0.292 e. The van der Waals surface area contributed by atoms with E-state index in [-0.39, 0.29) is 0 Å². The van der Waals surface area contributed by atoms with Gasteiger partial charge in [-0.3, -0.25) is 4.99 Å².